The van der Waals surface area contributed by atoms with Crippen molar-refractivity contribution < 1.29 is 4.79 Å². The van der Waals surface area contributed by atoms with Crippen LogP contribution < -0.4 is 0 Å². The van der Waals surface area contributed by atoms with Crippen molar-refractivity contribution in [3.8, 4) is 0 Å². The van der Waals surface area contributed by atoms with E-state index in [2.05, 4.69) is 42.2 Å². The lowest BCUT2D eigenvalue weighted by atomic mass is 9.65. The van der Waals surface area contributed by atoms with Gasteiger partial charge in [0.15, 0.2) is 0 Å². The van der Waals surface area contributed by atoms with E-state index >= 15 is 0 Å². The molecule has 0 unspecified atom stereocenters. The maximum atomic E-state index is 11.1. The number of pyridine rings is 1. The Morgan fingerprint density at radius 1 is 1.23 bits per heavy atom. The van der Waals surface area contributed by atoms with Gasteiger partial charge in [-0.25, -0.2) is 0 Å². The normalized spacial score (nSPS) is 30.9. The van der Waals surface area contributed by atoms with E-state index in [1.165, 1.54) is 29.2 Å². The van der Waals surface area contributed by atoms with Crippen molar-refractivity contribution in [1.82, 2.24) is 4.98 Å². The molecule has 1 aromatic carbocycles. The van der Waals surface area contributed by atoms with Gasteiger partial charge in [0.1, 0.15) is 6.29 Å². The van der Waals surface area contributed by atoms with Crippen LogP contribution in [0.3, 0.4) is 0 Å². The van der Waals surface area contributed by atoms with Crippen LogP contribution in [-0.4, -0.2) is 11.3 Å². The van der Waals surface area contributed by atoms with Crippen LogP contribution in [-0.2, 0) is 4.79 Å². The highest BCUT2D eigenvalue weighted by molar-refractivity contribution is 5.82. The third-order valence-corrected chi connectivity index (χ3v) is 6.00. The molecule has 4 rings (SSSR count). The van der Waals surface area contributed by atoms with E-state index < -0.39 is 0 Å². The van der Waals surface area contributed by atoms with Crippen molar-refractivity contribution in [2.24, 2.45) is 11.3 Å². The molecule has 0 saturated heterocycles. The first kappa shape index (κ1) is 13.7. The Labute approximate surface area is 131 Å². The molecule has 2 aliphatic carbocycles. The predicted octanol–water partition coefficient (Wildman–Crippen LogP) is 4.65. The number of carbonyl (C=O) groups excluding carboxylic acids is 1. The van der Waals surface area contributed by atoms with Crippen LogP contribution in [0.25, 0.3) is 10.8 Å². The molecule has 22 heavy (non-hydrogen) atoms. The van der Waals surface area contributed by atoms with E-state index in [-0.39, 0.29) is 0 Å². The molecule has 0 N–H and O–H groups in total. The minimum Gasteiger partial charge on any atom is -0.298 e. The summed E-state index contributed by atoms with van der Waals surface area (Å²) < 4.78 is 0. The van der Waals surface area contributed by atoms with E-state index in [1.54, 1.807) is 0 Å². The summed E-state index contributed by atoms with van der Waals surface area (Å²) in [5.74, 6) is 1.14. The third-order valence-electron chi connectivity index (χ3n) is 6.00. The Morgan fingerprint density at radius 2 is 2.14 bits per heavy atom. The molecule has 0 radical (unpaired) electrons. The number of allylic oxidation sites excluding steroid dienone is 2. The molecule has 1 fully saturated rings. The highest BCUT2D eigenvalue weighted by Gasteiger charge is 2.47. The Kier molecular flexibility index (Phi) is 3.14. The monoisotopic (exact) mass is 291 g/mol. The highest BCUT2D eigenvalue weighted by Crippen LogP contribution is 2.58. The lowest BCUT2D eigenvalue weighted by Gasteiger charge is -2.39. The molecule has 0 spiro atoms. The van der Waals surface area contributed by atoms with Crippen LogP contribution in [0, 0.1) is 11.3 Å². The number of benzene rings is 1. The van der Waals surface area contributed by atoms with Gasteiger partial charge < -0.3 is 0 Å². The highest BCUT2D eigenvalue weighted by atomic mass is 16.1. The summed E-state index contributed by atoms with van der Waals surface area (Å²) in [5.41, 5.74) is 2.74. The minimum atomic E-state index is 0.294. The van der Waals surface area contributed by atoms with Gasteiger partial charge in [-0.2, -0.15) is 0 Å². The van der Waals surface area contributed by atoms with E-state index in [1.807, 2.05) is 12.4 Å². The number of hydrogen-bond donors (Lipinski definition) is 0. The zero-order chi connectivity index (χ0) is 15.2. The quantitative estimate of drug-likeness (QED) is 0.754. The molecular formula is C20H21NO. The fourth-order valence-corrected chi connectivity index (χ4v) is 4.62. The van der Waals surface area contributed by atoms with Crippen LogP contribution in [0.15, 0.2) is 48.3 Å². The maximum absolute atomic E-state index is 11.1. The van der Waals surface area contributed by atoms with Gasteiger partial charge in [0.25, 0.3) is 0 Å². The molecule has 2 nitrogen and oxygen atoms in total. The number of aldehydes is 1. The molecule has 2 aliphatic rings. The smallest absolute Gasteiger partial charge is 0.145 e. The number of aromatic nitrogens is 1. The second kappa shape index (κ2) is 5.05. The molecule has 1 saturated carbocycles. The van der Waals surface area contributed by atoms with Crippen molar-refractivity contribution >= 4 is 17.1 Å². The molecule has 1 heterocycles. The van der Waals surface area contributed by atoms with Gasteiger partial charge in [-0.05, 0) is 71.6 Å². The maximum Gasteiger partial charge on any atom is 0.145 e. The molecule has 3 atom stereocenters. The van der Waals surface area contributed by atoms with Crippen LogP contribution in [0.1, 0.15) is 44.1 Å². The van der Waals surface area contributed by atoms with Crippen molar-refractivity contribution in [2.75, 3.05) is 0 Å². The fraction of sp³-hybridized carbons (Fsp3) is 0.400. The first-order chi connectivity index (χ1) is 10.7. The number of hydrogen-bond acceptors (Lipinski definition) is 2. The molecule has 0 amide bonds. The minimum absolute atomic E-state index is 0.294. The van der Waals surface area contributed by atoms with Gasteiger partial charge in [0.2, 0.25) is 0 Å². The van der Waals surface area contributed by atoms with Gasteiger partial charge in [-0.3, -0.25) is 9.78 Å². The molecule has 1 aromatic heterocycles. The molecular weight excluding hydrogens is 270 g/mol. The fourth-order valence-electron chi connectivity index (χ4n) is 4.62. The van der Waals surface area contributed by atoms with Crippen molar-refractivity contribution in [2.45, 2.75) is 38.5 Å². The second-order valence-corrected chi connectivity index (χ2v) is 7.08. The summed E-state index contributed by atoms with van der Waals surface area (Å²) in [5, 5.41) is 2.48. The zero-order valence-corrected chi connectivity index (χ0v) is 13.0. The zero-order valence-electron chi connectivity index (χ0n) is 13.0. The number of carbonyl (C=O) groups is 1. The summed E-state index contributed by atoms with van der Waals surface area (Å²) in [7, 11) is 0. The topological polar surface area (TPSA) is 30.0 Å². The van der Waals surface area contributed by atoms with Gasteiger partial charge >= 0.3 is 0 Å². The SMILES string of the molecule is C[C@]12CCC(C=O)=C[C@@H]1CC[C@@H]2c1ccc2ccncc2c1. The summed E-state index contributed by atoms with van der Waals surface area (Å²) in [6.07, 6.45) is 11.6. The van der Waals surface area contributed by atoms with Crippen molar-refractivity contribution in [3.63, 3.8) is 0 Å². The van der Waals surface area contributed by atoms with E-state index in [9.17, 15) is 4.79 Å². The molecule has 112 valence electrons. The van der Waals surface area contributed by atoms with Crippen LogP contribution in [0.4, 0.5) is 0 Å². The Bertz CT molecular complexity index is 763. The molecule has 2 heteroatoms. The number of rotatable bonds is 2. The van der Waals surface area contributed by atoms with Crippen LogP contribution >= 0.6 is 0 Å². The number of nitrogens with zero attached hydrogens (tertiary/aromatic N) is 1. The molecule has 2 aromatic rings. The van der Waals surface area contributed by atoms with E-state index in [0.29, 0.717) is 17.3 Å². The van der Waals surface area contributed by atoms with Gasteiger partial charge in [-0.1, -0.05) is 25.1 Å². The Morgan fingerprint density at radius 3 is 3.00 bits per heavy atom. The standard InChI is InChI=1S/C20H21NO/c1-20-8-6-14(13-22)10-18(20)4-5-19(20)16-3-2-15-7-9-21-12-17(15)11-16/h2-3,7,9-13,18-19H,4-6,8H2,1H3/t18-,19+,20-/m0/s1. The lowest BCUT2D eigenvalue weighted by molar-refractivity contribution is -0.105. The summed E-state index contributed by atoms with van der Waals surface area (Å²) >= 11 is 0. The van der Waals surface area contributed by atoms with Gasteiger partial charge in [0, 0.05) is 17.8 Å². The lowest BCUT2D eigenvalue weighted by Crippen LogP contribution is -2.29. The second-order valence-electron chi connectivity index (χ2n) is 7.08. The molecule has 0 aliphatic heterocycles. The van der Waals surface area contributed by atoms with Crippen LogP contribution in [0.5, 0.6) is 0 Å². The third kappa shape index (κ3) is 2.01. The Hall–Kier alpha value is -1.96. The van der Waals surface area contributed by atoms with Gasteiger partial charge in [-0.15, -0.1) is 0 Å². The van der Waals surface area contributed by atoms with E-state index in [0.717, 1.165) is 24.7 Å². The van der Waals surface area contributed by atoms with E-state index in [4.69, 9.17) is 0 Å². The van der Waals surface area contributed by atoms with Crippen LogP contribution in [0.2, 0.25) is 0 Å². The van der Waals surface area contributed by atoms with Crippen molar-refractivity contribution in [3.05, 3.63) is 53.9 Å². The average Bonchev–Trinajstić information content (AvgIpc) is 2.90. The first-order valence-corrected chi connectivity index (χ1v) is 8.20. The van der Waals surface area contributed by atoms with Crippen molar-refractivity contribution in [1.29, 1.82) is 0 Å². The Balaban J connectivity index is 1.73. The van der Waals surface area contributed by atoms with Gasteiger partial charge in [0.05, 0.1) is 0 Å². The average molecular weight is 291 g/mol. The summed E-state index contributed by atoms with van der Waals surface area (Å²) in [4.78, 5) is 15.3. The largest absolute Gasteiger partial charge is 0.298 e. The summed E-state index contributed by atoms with van der Waals surface area (Å²) in [6, 6.07) is 8.90. The first-order valence-electron chi connectivity index (χ1n) is 8.20. The molecule has 0 bridgehead atoms. The summed E-state index contributed by atoms with van der Waals surface area (Å²) in [6.45, 7) is 2.42. The predicted molar refractivity (Wildman–Crippen MR) is 88.7 cm³/mol. The number of fused-ring (bicyclic) bond motifs is 2.